The minimum absolute atomic E-state index is 0.0927. The molecule has 3 amide bonds. The van der Waals surface area contributed by atoms with Gasteiger partial charge in [-0.15, -0.1) is 0 Å². The number of amides is 3. The predicted molar refractivity (Wildman–Crippen MR) is 154 cm³/mol. The number of aliphatic hydroxyl groups is 1. The van der Waals surface area contributed by atoms with Gasteiger partial charge in [-0.1, -0.05) is 74.4 Å². The molecule has 1 heterocycles. The van der Waals surface area contributed by atoms with E-state index in [1.165, 1.54) is 10.5 Å². The smallest absolute Gasteiger partial charge is 0.240 e. The van der Waals surface area contributed by atoms with E-state index in [4.69, 9.17) is 9.84 Å². The van der Waals surface area contributed by atoms with Crippen LogP contribution < -0.4 is 20.7 Å². The third kappa shape index (κ3) is 13.3. The van der Waals surface area contributed by atoms with Crippen LogP contribution in [-0.4, -0.2) is 80.7 Å². The van der Waals surface area contributed by atoms with Crippen LogP contribution in [0, 0.1) is 12.8 Å². The molecule has 2 atom stereocenters. The van der Waals surface area contributed by atoms with Gasteiger partial charge in [0.05, 0.1) is 19.1 Å². The number of ether oxygens (including phenoxy) is 1. The third-order valence-electron chi connectivity index (χ3n) is 6.26. The molecular formula is C30H46N4O5. The number of para-hydroxylation sites is 1. The number of fused-ring (bicyclic) bond motifs is 1. The highest BCUT2D eigenvalue weighted by Gasteiger charge is 2.27. The van der Waals surface area contributed by atoms with E-state index in [0.717, 1.165) is 37.7 Å². The minimum Gasteiger partial charge on any atom is -0.492 e. The third-order valence-corrected chi connectivity index (χ3v) is 6.26. The number of nitrogens with one attached hydrogen (secondary N) is 3. The van der Waals surface area contributed by atoms with Crippen LogP contribution in [0.25, 0.3) is 0 Å². The van der Waals surface area contributed by atoms with Gasteiger partial charge in [-0.25, -0.2) is 0 Å². The normalized spacial score (nSPS) is 18.2. The molecule has 0 spiro atoms. The molecule has 2 aromatic rings. The summed E-state index contributed by atoms with van der Waals surface area (Å²) in [6, 6.07) is 17.7. The monoisotopic (exact) mass is 542 g/mol. The summed E-state index contributed by atoms with van der Waals surface area (Å²) < 4.78 is 5.96. The first-order valence-corrected chi connectivity index (χ1v) is 13.5. The Morgan fingerprint density at radius 2 is 1.64 bits per heavy atom. The number of carbonyl (C=O) groups excluding carboxylic acids is 3. The zero-order valence-corrected chi connectivity index (χ0v) is 24.0. The first kappa shape index (κ1) is 33.6. The second kappa shape index (κ2) is 19.6. The van der Waals surface area contributed by atoms with E-state index in [9.17, 15) is 14.4 Å². The van der Waals surface area contributed by atoms with Crippen molar-refractivity contribution in [3.05, 3.63) is 65.7 Å². The van der Waals surface area contributed by atoms with Gasteiger partial charge < -0.3 is 30.7 Å². The van der Waals surface area contributed by atoms with Crippen LogP contribution in [0.3, 0.4) is 0 Å². The molecule has 0 aliphatic carbocycles. The summed E-state index contributed by atoms with van der Waals surface area (Å²) >= 11 is 0. The average molecular weight is 543 g/mol. The highest BCUT2D eigenvalue weighted by Crippen LogP contribution is 2.19. The number of aryl methyl sites for hydroxylation is 2. The van der Waals surface area contributed by atoms with Crippen LogP contribution >= 0.6 is 0 Å². The summed E-state index contributed by atoms with van der Waals surface area (Å²) in [6.07, 6.45) is 2.37. The Labute approximate surface area is 233 Å². The maximum absolute atomic E-state index is 12.9. The molecule has 0 saturated heterocycles. The Balaban J connectivity index is 0.000000720. The Morgan fingerprint density at radius 3 is 2.28 bits per heavy atom. The van der Waals surface area contributed by atoms with E-state index >= 15 is 0 Å². The lowest BCUT2D eigenvalue weighted by atomic mass is 9.98. The molecule has 9 heteroatoms. The minimum atomic E-state index is -0.408. The van der Waals surface area contributed by atoms with Crippen LogP contribution in [0.15, 0.2) is 54.6 Å². The fourth-order valence-corrected chi connectivity index (χ4v) is 3.86. The lowest BCUT2D eigenvalue weighted by molar-refractivity contribution is -0.137. The van der Waals surface area contributed by atoms with Gasteiger partial charge in [0.15, 0.2) is 0 Å². The first-order chi connectivity index (χ1) is 18.8. The molecule has 3 rings (SSSR count). The lowest BCUT2D eigenvalue weighted by Gasteiger charge is -2.28. The topological polar surface area (TPSA) is 120 Å². The van der Waals surface area contributed by atoms with Crippen molar-refractivity contribution in [2.45, 2.75) is 46.1 Å². The second-order valence-electron chi connectivity index (χ2n) is 9.35. The Bertz CT molecular complexity index is 986. The fraction of sp³-hybridized carbons (Fsp3) is 0.500. The molecule has 2 unspecified atom stereocenters. The van der Waals surface area contributed by atoms with Crippen LogP contribution in [0.2, 0.25) is 0 Å². The Morgan fingerprint density at radius 1 is 0.974 bits per heavy atom. The highest BCUT2D eigenvalue weighted by atomic mass is 16.5. The van der Waals surface area contributed by atoms with E-state index in [1.54, 1.807) is 7.05 Å². The number of rotatable bonds is 2. The molecule has 9 nitrogen and oxygen atoms in total. The summed E-state index contributed by atoms with van der Waals surface area (Å²) in [7, 11) is 2.60. The van der Waals surface area contributed by atoms with Crippen molar-refractivity contribution in [3.8, 4) is 5.75 Å². The van der Waals surface area contributed by atoms with Gasteiger partial charge in [-0.05, 0) is 37.3 Å². The summed E-state index contributed by atoms with van der Waals surface area (Å²) in [4.78, 5) is 38.4. The standard InChI is InChI=1S/C22H34N4O4.C7H8.CH4O/c1-4-16(2)21-22(29)26(3)15-20(28)25-14-19(27)23-11-7-9-17-8-5-6-10-18(17)30-13-12-24-21;1-7-5-3-2-4-6-7;1-2/h5-6,8,10,16,21,24H,4,7,9,11-15H2,1-3H3,(H,23,27)(H,25,28);2-6H,1H3;2H,1H3. The van der Waals surface area contributed by atoms with Crippen molar-refractivity contribution < 1.29 is 24.2 Å². The summed E-state index contributed by atoms with van der Waals surface area (Å²) in [5.74, 6) is 0.170. The van der Waals surface area contributed by atoms with Crippen molar-refractivity contribution in [2.75, 3.05) is 46.9 Å². The number of aliphatic hydroxyl groups excluding tert-OH is 1. The van der Waals surface area contributed by atoms with E-state index in [2.05, 4.69) is 35.0 Å². The van der Waals surface area contributed by atoms with E-state index in [0.29, 0.717) is 19.7 Å². The van der Waals surface area contributed by atoms with Crippen molar-refractivity contribution in [3.63, 3.8) is 0 Å². The molecule has 0 fully saturated rings. The molecule has 0 radical (unpaired) electrons. The van der Waals surface area contributed by atoms with Crippen LogP contribution in [-0.2, 0) is 20.8 Å². The van der Waals surface area contributed by atoms with Crippen LogP contribution in [0.5, 0.6) is 5.75 Å². The molecule has 0 saturated carbocycles. The van der Waals surface area contributed by atoms with Crippen molar-refractivity contribution in [1.29, 1.82) is 0 Å². The van der Waals surface area contributed by atoms with Crippen molar-refractivity contribution in [1.82, 2.24) is 20.9 Å². The maximum Gasteiger partial charge on any atom is 0.240 e. The second-order valence-corrected chi connectivity index (χ2v) is 9.35. The number of benzene rings is 2. The molecule has 2 aromatic carbocycles. The Kier molecular flexibility index (Phi) is 16.9. The summed E-state index contributed by atoms with van der Waals surface area (Å²) in [5, 5.41) is 15.7. The fourth-order valence-electron chi connectivity index (χ4n) is 3.86. The summed E-state index contributed by atoms with van der Waals surface area (Å²) in [5.41, 5.74) is 2.40. The SMILES string of the molecule is CCC(C)C1NCCOc2ccccc2CCCNC(=O)CNC(=O)CN(C)C1=O.CO.Cc1ccccc1. The van der Waals surface area contributed by atoms with E-state index in [-0.39, 0.29) is 36.7 Å². The highest BCUT2D eigenvalue weighted by molar-refractivity contribution is 5.89. The maximum atomic E-state index is 12.9. The molecule has 216 valence electrons. The zero-order valence-electron chi connectivity index (χ0n) is 24.0. The van der Waals surface area contributed by atoms with Crippen LogP contribution in [0.1, 0.15) is 37.8 Å². The summed E-state index contributed by atoms with van der Waals surface area (Å²) in [6.45, 7) is 7.39. The molecule has 4 N–H and O–H groups in total. The number of hydrogen-bond acceptors (Lipinski definition) is 6. The molecule has 1 aliphatic rings. The van der Waals surface area contributed by atoms with E-state index in [1.807, 2.05) is 56.3 Å². The zero-order chi connectivity index (χ0) is 29.0. The predicted octanol–water partition coefficient (Wildman–Crippen LogP) is 2.31. The molecule has 0 aromatic heterocycles. The Hall–Kier alpha value is -3.43. The largest absolute Gasteiger partial charge is 0.492 e. The number of hydrogen-bond donors (Lipinski definition) is 4. The van der Waals surface area contributed by atoms with Gasteiger partial charge in [-0.3, -0.25) is 14.4 Å². The lowest BCUT2D eigenvalue weighted by Crippen LogP contribution is -2.52. The number of likely N-dealkylation sites (N-methyl/N-ethyl adjacent to an activating group) is 1. The number of carbonyl (C=O) groups is 3. The first-order valence-electron chi connectivity index (χ1n) is 13.5. The van der Waals surface area contributed by atoms with Crippen molar-refractivity contribution in [2.24, 2.45) is 5.92 Å². The van der Waals surface area contributed by atoms with Gasteiger partial charge >= 0.3 is 0 Å². The van der Waals surface area contributed by atoms with Gasteiger partial charge in [-0.2, -0.15) is 0 Å². The van der Waals surface area contributed by atoms with Crippen LogP contribution in [0.4, 0.5) is 0 Å². The van der Waals surface area contributed by atoms with Gasteiger partial charge in [0, 0.05) is 27.2 Å². The van der Waals surface area contributed by atoms with Gasteiger partial charge in [0.25, 0.3) is 0 Å². The molecule has 1 aliphatic heterocycles. The van der Waals surface area contributed by atoms with Gasteiger partial charge in [0.2, 0.25) is 17.7 Å². The molecule has 0 bridgehead atoms. The molecular weight excluding hydrogens is 496 g/mol. The van der Waals surface area contributed by atoms with Gasteiger partial charge in [0.1, 0.15) is 12.4 Å². The average Bonchev–Trinajstić information content (AvgIpc) is 2.95. The molecule has 39 heavy (non-hydrogen) atoms. The number of nitrogens with zero attached hydrogens (tertiary/aromatic N) is 1. The van der Waals surface area contributed by atoms with E-state index < -0.39 is 6.04 Å². The quantitative estimate of drug-likeness (QED) is 0.462. The van der Waals surface area contributed by atoms with Crippen molar-refractivity contribution >= 4 is 17.7 Å².